The molecule has 1 amide bonds. The van der Waals surface area contributed by atoms with Gasteiger partial charge in [0.1, 0.15) is 0 Å². The summed E-state index contributed by atoms with van der Waals surface area (Å²) < 4.78 is 25.8. The number of benzene rings is 2. The fourth-order valence-electron chi connectivity index (χ4n) is 3.27. The molecule has 0 radical (unpaired) electrons. The third-order valence-electron chi connectivity index (χ3n) is 4.81. The highest BCUT2D eigenvalue weighted by Crippen LogP contribution is 2.30. The average molecular weight is 414 g/mol. The van der Waals surface area contributed by atoms with Crippen LogP contribution in [0.4, 0.5) is 5.13 Å². The molecule has 1 aliphatic rings. The molecule has 2 N–H and O–H groups in total. The number of aryl methyl sites for hydroxylation is 2. The molecule has 0 atom stereocenters. The molecule has 144 valence electrons. The zero-order chi connectivity index (χ0) is 19.7. The van der Waals surface area contributed by atoms with Crippen molar-refractivity contribution in [1.82, 2.24) is 9.71 Å². The summed E-state index contributed by atoms with van der Waals surface area (Å²) in [5.74, 6) is -0.330. The SMILES string of the molecule is CNS(=O)(=O)c1ccc(C(=O)Nc2nc(-c3ccc4c(c3)CCC4)cs2)cc1. The number of aromatic nitrogens is 1. The van der Waals surface area contributed by atoms with Crippen molar-refractivity contribution in [3.8, 4) is 11.3 Å². The number of sulfonamides is 1. The zero-order valence-corrected chi connectivity index (χ0v) is 16.9. The number of nitrogens with zero attached hydrogens (tertiary/aromatic N) is 1. The summed E-state index contributed by atoms with van der Waals surface area (Å²) in [6.45, 7) is 0. The number of carbonyl (C=O) groups is 1. The van der Waals surface area contributed by atoms with Gasteiger partial charge in [-0.25, -0.2) is 18.1 Å². The van der Waals surface area contributed by atoms with Gasteiger partial charge in [0.2, 0.25) is 10.0 Å². The van der Waals surface area contributed by atoms with Crippen LogP contribution < -0.4 is 10.0 Å². The third kappa shape index (κ3) is 3.71. The van der Waals surface area contributed by atoms with Gasteiger partial charge in [0.05, 0.1) is 10.6 Å². The molecule has 4 rings (SSSR count). The predicted octanol–water partition coefficient (Wildman–Crippen LogP) is 3.46. The Kier molecular flexibility index (Phi) is 5.01. The lowest BCUT2D eigenvalue weighted by atomic mass is 10.1. The quantitative estimate of drug-likeness (QED) is 0.670. The van der Waals surface area contributed by atoms with Crippen LogP contribution in [0, 0.1) is 0 Å². The maximum atomic E-state index is 12.4. The number of hydrogen-bond donors (Lipinski definition) is 2. The van der Waals surface area contributed by atoms with Gasteiger partial charge < -0.3 is 0 Å². The Morgan fingerprint density at radius 1 is 1.07 bits per heavy atom. The molecule has 0 fully saturated rings. The molecule has 28 heavy (non-hydrogen) atoms. The van der Waals surface area contributed by atoms with Crippen molar-refractivity contribution in [3.63, 3.8) is 0 Å². The summed E-state index contributed by atoms with van der Waals surface area (Å²) in [4.78, 5) is 17.1. The summed E-state index contributed by atoms with van der Waals surface area (Å²) in [6.07, 6.45) is 3.45. The standard InChI is InChI=1S/C20H19N3O3S2/c1-21-28(25,26)17-9-7-14(8-10-17)19(24)23-20-22-18(12-27-20)16-6-5-13-3-2-4-15(13)11-16/h5-12,21H,2-4H2,1H3,(H,22,23,24). The fraction of sp³-hybridized carbons (Fsp3) is 0.200. The molecule has 3 aromatic rings. The van der Waals surface area contributed by atoms with Crippen LogP contribution in [0.2, 0.25) is 0 Å². The average Bonchev–Trinajstić information content (AvgIpc) is 3.36. The molecule has 0 saturated carbocycles. The van der Waals surface area contributed by atoms with Crippen LogP contribution in [0.1, 0.15) is 27.9 Å². The van der Waals surface area contributed by atoms with Crippen LogP contribution in [0.3, 0.4) is 0 Å². The van der Waals surface area contributed by atoms with E-state index in [1.54, 1.807) is 0 Å². The topological polar surface area (TPSA) is 88.2 Å². The van der Waals surface area contributed by atoms with Crippen molar-refractivity contribution >= 4 is 32.4 Å². The third-order valence-corrected chi connectivity index (χ3v) is 7.00. The van der Waals surface area contributed by atoms with Crippen LogP contribution in [0.25, 0.3) is 11.3 Å². The van der Waals surface area contributed by atoms with Crippen LogP contribution in [0.15, 0.2) is 52.7 Å². The molecule has 0 aliphatic heterocycles. The van der Waals surface area contributed by atoms with Gasteiger partial charge in [-0.2, -0.15) is 0 Å². The molecule has 2 aromatic carbocycles. The van der Waals surface area contributed by atoms with Gasteiger partial charge in [0, 0.05) is 16.5 Å². The molecule has 0 saturated heterocycles. The Morgan fingerprint density at radius 3 is 2.57 bits per heavy atom. The minimum absolute atomic E-state index is 0.111. The Hall–Kier alpha value is -2.55. The summed E-state index contributed by atoms with van der Waals surface area (Å²) in [6, 6.07) is 12.2. The van der Waals surface area contributed by atoms with Gasteiger partial charge >= 0.3 is 0 Å². The van der Waals surface area contributed by atoms with Gasteiger partial charge in [0.15, 0.2) is 5.13 Å². The molecule has 1 heterocycles. The summed E-state index contributed by atoms with van der Waals surface area (Å²) in [7, 11) is -2.18. The molecule has 1 aromatic heterocycles. The first-order valence-corrected chi connectivity index (χ1v) is 11.3. The van der Waals surface area contributed by atoms with Gasteiger partial charge in [-0.05, 0) is 67.8 Å². The largest absolute Gasteiger partial charge is 0.298 e. The zero-order valence-electron chi connectivity index (χ0n) is 15.2. The van der Waals surface area contributed by atoms with Crippen LogP contribution in [0.5, 0.6) is 0 Å². The van der Waals surface area contributed by atoms with E-state index in [1.165, 1.54) is 60.2 Å². The van der Waals surface area contributed by atoms with E-state index >= 15 is 0 Å². The Balaban J connectivity index is 1.49. The molecule has 6 nitrogen and oxygen atoms in total. The van der Waals surface area contributed by atoms with Crippen molar-refractivity contribution in [1.29, 1.82) is 0 Å². The molecule has 1 aliphatic carbocycles. The number of fused-ring (bicyclic) bond motifs is 1. The monoisotopic (exact) mass is 413 g/mol. The maximum absolute atomic E-state index is 12.4. The van der Waals surface area contributed by atoms with Crippen LogP contribution in [-0.4, -0.2) is 26.4 Å². The van der Waals surface area contributed by atoms with E-state index in [2.05, 4.69) is 33.2 Å². The molecule has 0 spiro atoms. The predicted molar refractivity (Wildman–Crippen MR) is 110 cm³/mol. The number of amides is 1. The number of thiazole rings is 1. The number of carbonyl (C=O) groups excluding carboxylic acids is 1. The molecule has 0 bridgehead atoms. The van der Waals surface area contributed by atoms with Crippen molar-refractivity contribution < 1.29 is 13.2 Å². The van der Waals surface area contributed by atoms with Crippen LogP contribution >= 0.6 is 11.3 Å². The number of hydrogen-bond acceptors (Lipinski definition) is 5. The number of nitrogens with one attached hydrogen (secondary N) is 2. The van der Waals surface area contributed by atoms with Crippen molar-refractivity contribution in [2.75, 3.05) is 12.4 Å². The number of anilines is 1. The number of rotatable bonds is 5. The van der Waals surface area contributed by atoms with Crippen molar-refractivity contribution in [3.05, 3.63) is 64.5 Å². The van der Waals surface area contributed by atoms with E-state index in [4.69, 9.17) is 0 Å². The maximum Gasteiger partial charge on any atom is 0.257 e. The lowest BCUT2D eigenvalue weighted by Gasteiger charge is -2.05. The Bertz CT molecular complexity index is 1140. The first kappa shape index (κ1) is 18.8. The van der Waals surface area contributed by atoms with Crippen LogP contribution in [-0.2, 0) is 22.9 Å². The van der Waals surface area contributed by atoms with E-state index < -0.39 is 10.0 Å². The van der Waals surface area contributed by atoms with E-state index in [0.717, 1.165) is 24.1 Å². The summed E-state index contributed by atoms with van der Waals surface area (Å²) >= 11 is 1.36. The highest BCUT2D eigenvalue weighted by atomic mass is 32.2. The minimum Gasteiger partial charge on any atom is -0.298 e. The Morgan fingerprint density at radius 2 is 1.82 bits per heavy atom. The van der Waals surface area contributed by atoms with Gasteiger partial charge in [-0.3, -0.25) is 10.1 Å². The molecule has 8 heteroatoms. The second-order valence-electron chi connectivity index (χ2n) is 6.56. The fourth-order valence-corrected chi connectivity index (χ4v) is 4.71. The Labute approximate surface area is 167 Å². The highest BCUT2D eigenvalue weighted by molar-refractivity contribution is 7.89. The normalized spacial score (nSPS) is 13.3. The van der Waals surface area contributed by atoms with E-state index in [0.29, 0.717) is 10.7 Å². The summed E-state index contributed by atoms with van der Waals surface area (Å²) in [5.41, 5.74) is 5.05. The molecular weight excluding hydrogens is 394 g/mol. The van der Waals surface area contributed by atoms with Crippen molar-refractivity contribution in [2.45, 2.75) is 24.2 Å². The minimum atomic E-state index is -3.52. The summed E-state index contributed by atoms with van der Waals surface area (Å²) in [5, 5.41) is 5.21. The van der Waals surface area contributed by atoms with E-state index in [1.807, 2.05) is 5.38 Å². The van der Waals surface area contributed by atoms with Crippen molar-refractivity contribution in [2.24, 2.45) is 0 Å². The van der Waals surface area contributed by atoms with E-state index in [9.17, 15) is 13.2 Å². The second kappa shape index (κ2) is 7.46. The first-order valence-electron chi connectivity index (χ1n) is 8.89. The van der Waals surface area contributed by atoms with Gasteiger partial charge in [-0.15, -0.1) is 11.3 Å². The van der Waals surface area contributed by atoms with E-state index in [-0.39, 0.29) is 10.8 Å². The van der Waals surface area contributed by atoms with Gasteiger partial charge in [-0.1, -0.05) is 12.1 Å². The highest BCUT2D eigenvalue weighted by Gasteiger charge is 2.15. The second-order valence-corrected chi connectivity index (χ2v) is 9.31. The van der Waals surface area contributed by atoms with Gasteiger partial charge in [0.25, 0.3) is 5.91 Å². The lowest BCUT2D eigenvalue weighted by Crippen LogP contribution is -2.19. The molecular formula is C20H19N3O3S2. The first-order chi connectivity index (χ1) is 13.5. The molecule has 0 unspecified atom stereocenters. The lowest BCUT2D eigenvalue weighted by molar-refractivity contribution is 0.102. The smallest absolute Gasteiger partial charge is 0.257 e.